The molecule has 2 amide bonds. The number of carbonyl (C=O) groups is 2. The Balaban J connectivity index is 0.000000982. The van der Waals surface area contributed by atoms with Gasteiger partial charge in [-0.25, -0.2) is 4.79 Å². The number of hydrogen-bond acceptors (Lipinski definition) is 4. The van der Waals surface area contributed by atoms with E-state index in [2.05, 4.69) is 30.2 Å². The van der Waals surface area contributed by atoms with Gasteiger partial charge >= 0.3 is 6.09 Å². The summed E-state index contributed by atoms with van der Waals surface area (Å²) in [6, 6.07) is 0. The van der Waals surface area contributed by atoms with Gasteiger partial charge in [0.05, 0.1) is 7.11 Å². The van der Waals surface area contributed by atoms with Crippen molar-refractivity contribution >= 4 is 23.8 Å². The van der Waals surface area contributed by atoms with Gasteiger partial charge in [0.1, 0.15) is 6.54 Å². The van der Waals surface area contributed by atoms with E-state index >= 15 is 0 Å². The Morgan fingerprint density at radius 1 is 1.42 bits per heavy atom. The van der Waals surface area contributed by atoms with Crippen molar-refractivity contribution in [1.29, 1.82) is 0 Å². The highest BCUT2D eigenvalue weighted by Gasteiger charge is 2.22. The van der Waals surface area contributed by atoms with E-state index in [1.54, 1.807) is 16.7 Å². The molecule has 1 N–H and O–H groups in total. The lowest BCUT2D eigenvalue weighted by Gasteiger charge is -2.31. The molecule has 1 fully saturated rings. The second-order valence-electron chi connectivity index (χ2n) is 4.39. The summed E-state index contributed by atoms with van der Waals surface area (Å²) in [6.45, 7) is 5.84. The van der Waals surface area contributed by atoms with Gasteiger partial charge in [0, 0.05) is 18.3 Å². The number of alkyl carbamates (subject to hydrolysis) is 1. The first-order valence-electron chi connectivity index (χ1n) is 6.71. The molecule has 0 aliphatic carbocycles. The SMILES string of the molecule is CCC.COC(=O)NCC(=O)N1CCCC(SC)C1. The number of piperidine rings is 1. The van der Waals surface area contributed by atoms with E-state index in [1.165, 1.54) is 13.5 Å². The van der Waals surface area contributed by atoms with Gasteiger partial charge in [-0.2, -0.15) is 11.8 Å². The highest BCUT2D eigenvalue weighted by molar-refractivity contribution is 7.99. The van der Waals surface area contributed by atoms with Crippen LogP contribution in [0.5, 0.6) is 0 Å². The number of rotatable bonds is 3. The van der Waals surface area contributed by atoms with Crippen LogP contribution in [0, 0.1) is 0 Å². The second-order valence-corrected chi connectivity index (χ2v) is 5.53. The lowest BCUT2D eigenvalue weighted by molar-refractivity contribution is -0.130. The molecule has 1 atom stereocenters. The molecule has 6 heteroatoms. The third-order valence-corrected chi connectivity index (χ3v) is 3.68. The molecule has 0 spiro atoms. The van der Waals surface area contributed by atoms with Crippen LogP contribution in [0.25, 0.3) is 0 Å². The Labute approximate surface area is 120 Å². The van der Waals surface area contributed by atoms with E-state index in [1.807, 2.05) is 0 Å². The van der Waals surface area contributed by atoms with Crippen LogP contribution in [0.3, 0.4) is 0 Å². The number of carbonyl (C=O) groups excluding carboxylic acids is 2. The van der Waals surface area contributed by atoms with Crippen LogP contribution in [-0.2, 0) is 9.53 Å². The van der Waals surface area contributed by atoms with Crippen molar-refractivity contribution in [1.82, 2.24) is 10.2 Å². The summed E-state index contributed by atoms with van der Waals surface area (Å²) in [5.74, 6) is -0.0378. The van der Waals surface area contributed by atoms with Crippen LogP contribution in [0.4, 0.5) is 4.79 Å². The first-order chi connectivity index (χ1) is 9.08. The third kappa shape index (κ3) is 7.97. The molecular weight excluding hydrogens is 264 g/mol. The molecule has 0 aromatic carbocycles. The number of amides is 2. The molecular formula is C13H26N2O3S. The fraction of sp³-hybridized carbons (Fsp3) is 0.846. The molecule has 1 unspecified atom stereocenters. The van der Waals surface area contributed by atoms with Gasteiger partial charge in [-0.15, -0.1) is 0 Å². The third-order valence-electron chi connectivity index (χ3n) is 2.63. The monoisotopic (exact) mass is 290 g/mol. The molecule has 1 heterocycles. The van der Waals surface area contributed by atoms with Gasteiger partial charge in [-0.3, -0.25) is 4.79 Å². The lowest BCUT2D eigenvalue weighted by atomic mass is 10.1. The van der Waals surface area contributed by atoms with E-state index < -0.39 is 6.09 Å². The predicted molar refractivity (Wildman–Crippen MR) is 79.5 cm³/mol. The van der Waals surface area contributed by atoms with Crippen LogP contribution in [-0.4, -0.2) is 55.2 Å². The standard InChI is InChI=1S/C10H18N2O3S.C3H8/c1-15-10(14)11-6-9(13)12-5-3-4-8(7-12)16-2;1-3-2/h8H,3-7H2,1-2H3,(H,11,14);3H2,1-2H3. The Hall–Kier alpha value is -0.910. The zero-order valence-corrected chi connectivity index (χ0v) is 13.2. The summed E-state index contributed by atoms with van der Waals surface area (Å²) in [6.07, 6.45) is 4.95. The highest BCUT2D eigenvalue weighted by Crippen LogP contribution is 2.19. The van der Waals surface area contributed by atoms with Gasteiger partial charge < -0.3 is 15.0 Å². The van der Waals surface area contributed by atoms with Crippen molar-refractivity contribution in [2.75, 3.05) is 33.0 Å². The Bertz CT molecular complexity index is 275. The lowest BCUT2D eigenvalue weighted by Crippen LogP contribution is -2.45. The predicted octanol–water partition coefficient (Wildman–Crippen LogP) is 2.11. The van der Waals surface area contributed by atoms with E-state index in [-0.39, 0.29) is 12.5 Å². The molecule has 1 rings (SSSR count). The summed E-state index contributed by atoms with van der Waals surface area (Å²) < 4.78 is 4.41. The van der Waals surface area contributed by atoms with Crippen LogP contribution >= 0.6 is 11.8 Å². The number of hydrogen-bond donors (Lipinski definition) is 1. The van der Waals surface area contributed by atoms with Crippen LogP contribution in [0.1, 0.15) is 33.1 Å². The normalized spacial score (nSPS) is 18.1. The zero-order valence-electron chi connectivity index (χ0n) is 12.4. The van der Waals surface area contributed by atoms with Crippen LogP contribution in [0.15, 0.2) is 0 Å². The molecule has 0 radical (unpaired) electrons. The molecule has 19 heavy (non-hydrogen) atoms. The average molecular weight is 290 g/mol. The molecule has 1 saturated heterocycles. The van der Waals surface area contributed by atoms with Gasteiger partial charge in [0.15, 0.2) is 0 Å². The van der Waals surface area contributed by atoms with Gasteiger partial charge in [-0.1, -0.05) is 20.3 Å². The van der Waals surface area contributed by atoms with Crippen LogP contribution in [0.2, 0.25) is 0 Å². The molecule has 0 aromatic rings. The number of nitrogens with zero attached hydrogens (tertiary/aromatic N) is 1. The van der Waals surface area contributed by atoms with Crippen LogP contribution < -0.4 is 5.32 Å². The minimum atomic E-state index is -0.563. The van der Waals surface area contributed by atoms with E-state index in [0.717, 1.165) is 25.9 Å². The Kier molecular flexibility index (Phi) is 10.4. The number of ether oxygens (including phenoxy) is 1. The average Bonchev–Trinajstić information content (AvgIpc) is 2.45. The number of likely N-dealkylation sites (tertiary alicyclic amines) is 1. The molecule has 0 bridgehead atoms. The van der Waals surface area contributed by atoms with Gasteiger partial charge in [0.25, 0.3) is 0 Å². The van der Waals surface area contributed by atoms with Crippen molar-refractivity contribution in [3.8, 4) is 0 Å². The zero-order chi connectivity index (χ0) is 14.7. The maximum Gasteiger partial charge on any atom is 0.407 e. The van der Waals surface area contributed by atoms with Crippen molar-refractivity contribution in [2.24, 2.45) is 0 Å². The summed E-state index contributed by atoms with van der Waals surface area (Å²) >= 11 is 1.79. The van der Waals surface area contributed by atoms with E-state index in [0.29, 0.717) is 5.25 Å². The smallest absolute Gasteiger partial charge is 0.407 e. The summed E-state index contributed by atoms with van der Waals surface area (Å²) in [5, 5.41) is 2.93. The first-order valence-corrected chi connectivity index (χ1v) is 8.00. The molecule has 5 nitrogen and oxygen atoms in total. The van der Waals surface area contributed by atoms with Crippen molar-refractivity contribution in [3.05, 3.63) is 0 Å². The summed E-state index contributed by atoms with van der Waals surface area (Å²) in [7, 11) is 1.28. The number of thioether (sulfide) groups is 1. The Morgan fingerprint density at radius 3 is 2.58 bits per heavy atom. The summed E-state index contributed by atoms with van der Waals surface area (Å²) in [4.78, 5) is 24.3. The van der Waals surface area contributed by atoms with Gasteiger partial charge in [-0.05, 0) is 19.1 Å². The number of methoxy groups -OCH3 is 1. The minimum Gasteiger partial charge on any atom is -0.453 e. The fourth-order valence-corrected chi connectivity index (χ4v) is 2.42. The fourth-order valence-electron chi connectivity index (χ4n) is 1.69. The van der Waals surface area contributed by atoms with Crippen molar-refractivity contribution < 1.29 is 14.3 Å². The Morgan fingerprint density at radius 2 is 2.05 bits per heavy atom. The van der Waals surface area contributed by atoms with Gasteiger partial charge in [0.2, 0.25) is 5.91 Å². The second kappa shape index (κ2) is 11.0. The molecule has 1 aliphatic rings. The van der Waals surface area contributed by atoms with Crippen molar-refractivity contribution in [3.63, 3.8) is 0 Å². The molecule has 1 aliphatic heterocycles. The number of nitrogens with one attached hydrogen (secondary N) is 1. The van der Waals surface area contributed by atoms with E-state index in [9.17, 15) is 9.59 Å². The minimum absolute atomic E-state index is 0.0216. The van der Waals surface area contributed by atoms with Crippen molar-refractivity contribution in [2.45, 2.75) is 38.4 Å². The maximum atomic E-state index is 11.7. The topological polar surface area (TPSA) is 58.6 Å². The quantitative estimate of drug-likeness (QED) is 0.865. The first kappa shape index (κ1) is 18.1. The molecule has 0 saturated carbocycles. The molecule has 0 aromatic heterocycles. The largest absolute Gasteiger partial charge is 0.453 e. The molecule has 112 valence electrons. The summed E-state index contributed by atoms with van der Waals surface area (Å²) in [5.41, 5.74) is 0. The highest BCUT2D eigenvalue weighted by atomic mass is 32.2. The van der Waals surface area contributed by atoms with E-state index in [4.69, 9.17) is 0 Å². The maximum absolute atomic E-state index is 11.7.